The molecule has 6 nitrogen and oxygen atoms in total. The van der Waals surface area contributed by atoms with Crippen LogP contribution in [-0.4, -0.2) is 53.6 Å². The summed E-state index contributed by atoms with van der Waals surface area (Å²) in [5, 5.41) is 18.1. The number of likely N-dealkylation sites (tertiary alicyclic amines) is 1. The van der Waals surface area contributed by atoms with Gasteiger partial charge in [0.05, 0.1) is 17.9 Å². The normalized spacial score (nSPS) is 22.1. The van der Waals surface area contributed by atoms with Crippen molar-refractivity contribution in [1.82, 2.24) is 9.80 Å². The number of hydrogen-bond acceptors (Lipinski definition) is 3. The van der Waals surface area contributed by atoms with Crippen LogP contribution in [0.25, 0.3) is 0 Å². The van der Waals surface area contributed by atoms with E-state index in [4.69, 9.17) is 5.26 Å². The predicted octanol–water partition coefficient (Wildman–Crippen LogP) is 1.92. The van der Waals surface area contributed by atoms with Crippen LogP contribution in [0, 0.1) is 16.7 Å². The Kier molecular flexibility index (Phi) is 5.81. The number of carboxylic acids is 1. The summed E-state index contributed by atoms with van der Waals surface area (Å²) in [6.07, 6.45) is 3.01. The van der Waals surface area contributed by atoms with E-state index in [-0.39, 0.29) is 19.0 Å². The lowest BCUT2D eigenvalue weighted by molar-refractivity contribution is -0.152. The molecule has 1 heterocycles. The zero-order valence-corrected chi connectivity index (χ0v) is 12.3. The Morgan fingerprint density at radius 3 is 2.75 bits per heavy atom. The van der Waals surface area contributed by atoms with Crippen molar-refractivity contribution in [2.75, 3.05) is 26.7 Å². The van der Waals surface area contributed by atoms with E-state index >= 15 is 0 Å². The van der Waals surface area contributed by atoms with Crippen molar-refractivity contribution in [3.8, 4) is 6.07 Å². The molecule has 1 rings (SSSR count). The van der Waals surface area contributed by atoms with Gasteiger partial charge in [0.25, 0.3) is 0 Å². The Balaban J connectivity index is 2.75. The van der Waals surface area contributed by atoms with E-state index in [1.165, 1.54) is 4.90 Å². The second kappa shape index (κ2) is 7.13. The van der Waals surface area contributed by atoms with Gasteiger partial charge in [-0.15, -0.1) is 0 Å². The summed E-state index contributed by atoms with van der Waals surface area (Å²) in [6, 6.07) is 1.83. The number of urea groups is 1. The first-order valence-corrected chi connectivity index (χ1v) is 7.07. The van der Waals surface area contributed by atoms with Gasteiger partial charge in [-0.2, -0.15) is 5.26 Å². The monoisotopic (exact) mass is 281 g/mol. The molecule has 1 saturated heterocycles. The lowest BCUT2D eigenvalue weighted by atomic mass is 9.76. The first kappa shape index (κ1) is 16.3. The molecule has 0 bridgehead atoms. The van der Waals surface area contributed by atoms with Crippen molar-refractivity contribution in [1.29, 1.82) is 5.26 Å². The van der Waals surface area contributed by atoms with E-state index in [0.717, 1.165) is 6.42 Å². The Morgan fingerprint density at radius 1 is 1.50 bits per heavy atom. The number of nitriles is 1. The number of amides is 2. The van der Waals surface area contributed by atoms with Gasteiger partial charge in [0.15, 0.2) is 0 Å². The number of nitrogens with zero attached hydrogens (tertiary/aromatic N) is 3. The van der Waals surface area contributed by atoms with Gasteiger partial charge in [-0.25, -0.2) is 4.79 Å². The van der Waals surface area contributed by atoms with Gasteiger partial charge in [0.1, 0.15) is 0 Å². The SMILES string of the molecule is CCCC1(C(=O)O)CCCN(C(=O)N(C)CCC#N)C1. The van der Waals surface area contributed by atoms with Crippen LogP contribution >= 0.6 is 0 Å². The van der Waals surface area contributed by atoms with Crippen molar-refractivity contribution in [2.45, 2.75) is 39.0 Å². The van der Waals surface area contributed by atoms with Crippen LogP contribution in [0.2, 0.25) is 0 Å². The van der Waals surface area contributed by atoms with Crippen LogP contribution in [-0.2, 0) is 4.79 Å². The molecule has 0 aromatic rings. The van der Waals surface area contributed by atoms with Gasteiger partial charge in [-0.1, -0.05) is 13.3 Å². The van der Waals surface area contributed by atoms with E-state index < -0.39 is 11.4 Å². The van der Waals surface area contributed by atoms with Gasteiger partial charge in [-0.05, 0) is 19.3 Å². The minimum absolute atomic E-state index is 0.179. The molecule has 0 aliphatic carbocycles. The highest BCUT2D eigenvalue weighted by Gasteiger charge is 2.43. The summed E-state index contributed by atoms with van der Waals surface area (Å²) in [6.45, 7) is 3.20. The standard InChI is InChI=1S/C14H23N3O3/c1-3-6-14(12(18)19)7-4-10-17(11-14)13(20)16(2)9-5-8-15/h3-7,9-11H2,1-2H3,(H,18,19). The molecule has 0 saturated carbocycles. The van der Waals surface area contributed by atoms with Gasteiger partial charge < -0.3 is 14.9 Å². The van der Waals surface area contributed by atoms with E-state index in [1.54, 1.807) is 11.9 Å². The Hall–Kier alpha value is -1.77. The molecular formula is C14H23N3O3. The van der Waals surface area contributed by atoms with Gasteiger partial charge in [0.2, 0.25) is 0 Å². The van der Waals surface area contributed by atoms with Crippen molar-refractivity contribution in [3.63, 3.8) is 0 Å². The molecule has 1 unspecified atom stereocenters. The fourth-order valence-corrected chi connectivity index (χ4v) is 2.81. The van der Waals surface area contributed by atoms with E-state index in [1.807, 2.05) is 13.0 Å². The molecule has 0 radical (unpaired) electrons. The van der Waals surface area contributed by atoms with Crippen LogP contribution in [0.15, 0.2) is 0 Å². The molecular weight excluding hydrogens is 258 g/mol. The smallest absolute Gasteiger partial charge is 0.319 e. The van der Waals surface area contributed by atoms with Crippen LogP contribution in [0.4, 0.5) is 4.79 Å². The van der Waals surface area contributed by atoms with Gasteiger partial charge in [0, 0.05) is 26.7 Å². The van der Waals surface area contributed by atoms with E-state index in [9.17, 15) is 14.7 Å². The third-order valence-corrected chi connectivity index (χ3v) is 3.92. The van der Waals surface area contributed by atoms with Crippen LogP contribution < -0.4 is 0 Å². The minimum Gasteiger partial charge on any atom is -0.481 e. The molecule has 112 valence electrons. The maximum Gasteiger partial charge on any atom is 0.319 e. The number of rotatable bonds is 5. The second-order valence-corrected chi connectivity index (χ2v) is 5.47. The van der Waals surface area contributed by atoms with Gasteiger partial charge >= 0.3 is 12.0 Å². The minimum atomic E-state index is -0.809. The van der Waals surface area contributed by atoms with Crippen LogP contribution in [0.5, 0.6) is 0 Å². The molecule has 6 heteroatoms. The molecule has 2 amide bonds. The summed E-state index contributed by atoms with van der Waals surface area (Å²) in [5.74, 6) is -0.809. The van der Waals surface area contributed by atoms with Crippen molar-refractivity contribution < 1.29 is 14.7 Å². The zero-order valence-electron chi connectivity index (χ0n) is 12.3. The summed E-state index contributed by atoms with van der Waals surface area (Å²) in [7, 11) is 1.65. The molecule has 0 spiro atoms. The summed E-state index contributed by atoms with van der Waals surface area (Å²) < 4.78 is 0. The van der Waals surface area contributed by atoms with E-state index in [2.05, 4.69) is 0 Å². The molecule has 1 aliphatic rings. The lowest BCUT2D eigenvalue weighted by Gasteiger charge is -2.41. The van der Waals surface area contributed by atoms with Crippen molar-refractivity contribution in [3.05, 3.63) is 0 Å². The van der Waals surface area contributed by atoms with Crippen LogP contribution in [0.1, 0.15) is 39.0 Å². The fraction of sp³-hybridized carbons (Fsp3) is 0.786. The lowest BCUT2D eigenvalue weighted by Crippen LogP contribution is -2.53. The Morgan fingerprint density at radius 2 is 2.20 bits per heavy atom. The number of hydrogen-bond donors (Lipinski definition) is 1. The second-order valence-electron chi connectivity index (χ2n) is 5.47. The Labute approximate surface area is 120 Å². The number of aliphatic carboxylic acids is 1. The average molecular weight is 281 g/mol. The quantitative estimate of drug-likeness (QED) is 0.834. The van der Waals surface area contributed by atoms with Gasteiger partial charge in [-0.3, -0.25) is 4.79 Å². The highest BCUT2D eigenvalue weighted by molar-refractivity contribution is 5.78. The molecule has 0 aromatic carbocycles. The number of carbonyl (C=O) groups is 2. The number of carbonyl (C=O) groups excluding carboxylic acids is 1. The zero-order chi connectivity index (χ0) is 15.2. The molecule has 1 atom stereocenters. The summed E-state index contributed by atoms with van der Waals surface area (Å²) in [4.78, 5) is 27.0. The topological polar surface area (TPSA) is 84.6 Å². The summed E-state index contributed by atoms with van der Waals surface area (Å²) >= 11 is 0. The van der Waals surface area contributed by atoms with Crippen molar-refractivity contribution in [2.24, 2.45) is 5.41 Å². The predicted molar refractivity (Wildman–Crippen MR) is 74.0 cm³/mol. The number of piperidine rings is 1. The third kappa shape index (κ3) is 3.62. The maximum absolute atomic E-state index is 12.3. The highest BCUT2D eigenvalue weighted by Crippen LogP contribution is 2.35. The molecule has 1 fully saturated rings. The van der Waals surface area contributed by atoms with Crippen LogP contribution in [0.3, 0.4) is 0 Å². The highest BCUT2D eigenvalue weighted by atomic mass is 16.4. The average Bonchev–Trinajstić information content (AvgIpc) is 2.44. The molecule has 20 heavy (non-hydrogen) atoms. The molecule has 1 aliphatic heterocycles. The first-order valence-electron chi connectivity index (χ1n) is 7.07. The third-order valence-electron chi connectivity index (χ3n) is 3.92. The maximum atomic E-state index is 12.3. The number of carboxylic acid groups (broad SMARTS) is 1. The van der Waals surface area contributed by atoms with Crippen molar-refractivity contribution >= 4 is 12.0 Å². The fourth-order valence-electron chi connectivity index (χ4n) is 2.81. The summed E-state index contributed by atoms with van der Waals surface area (Å²) in [5.41, 5.74) is -0.807. The molecule has 1 N–H and O–H groups in total. The van der Waals surface area contributed by atoms with E-state index in [0.29, 0.717) is 32.4 Å². The Bertz CT molecular complexity index is 401. The molecule has 0 aromatic heterocycles. The largest absolute Gasteiger partial charge is 0.481 e. The first-order chi connectivity index (χ1) is 9.46.